The summed E-state index contributed by atoms with van der Waals surface area (Å²) in [6.45, 7) is 10.1. The molecule has 1 saturated heterocycles. The zero-order valence-corrected chi connectivity index (χ0v) is 18.7. The second-order valence-corrected chi connectivity index (χ2v) is 9.37. The van der Waals surface area contributed by atoms with Crippen LogP contribution in [0.5, 0.6) is 5.75 Å². The van der Waals surface area contributed by atoms with Gasteiger partial charge in [-0.05, 0) is 67.0 Å². The molecule has 1 aliphatic carbocycles. The van der Waals surface area contributed by atoms with E-state index in [2.05, 4.69) is 80.1 Å². The SMILES string of the molecule is COc1cc(CN2CC(c3ccccc3C(C)C)N(C)CC2C)ccc1C1CC1. The first-order valence-electron chi connectivity index (χ1n) is 11.2. The van der Waals surface area contributed by atoms with E-state index in [1.807, 2.05) is 7.11 Å². The van der Waals surface area contributed by atoms with Crippen LogP contribution in [0.3, 0.4) is 0 Å². The number of hydrogen-bond acceptors (Lipinski definition) is 3. The van der Waals surface area contributed by atoms with E-state index >= 15 is 0 Å². The Kier molecular flexibility index (Phi) is 5.98. The molecule has 2 unspecified atom stereocenters. The molecule has 1 aliphatic heterocycles. The molecule has 0 bridgehead atoms. The predicted molar refractivity (Wildman–Crippen MR) is 121 cm³/mol. The Morgan fingerprint density at radius 3 is 2.48 bits per heavy atom. The van der Waals surface area contributed by atoms with E-state index in [0.29, 0.717) is 18.0 Å². The zero-order valence-electron chi connectivity index (χ0n) is 18.7. The van der Waals surface area contributed by atoms with Gasteiger partial charge in [-0.1, -0.05) is 50.2 Å². The van der Waals surface area contributed by atoms with Crippen LogP contribution in [-0.4, -0.2) is 43.1 Å². The third-order valence-corrected chi connectivity index (χ3v) is 6.79. The van der Waals surface area contributed by atoms with Crippen molar-refractivity contribution in [1.29, 1.82) is 0 Å². The van der Waals surface area contributed by atoms with E-state index in [0.717, 1.165) is 31.3 Å². The number of likely N-dealkylation sites (N-methyl/N-ethyl adjacent to an activating group) is 1. The minimum Gasteiger partial charge on any atom is -0.496 e. The highest BCUT2D eigenvalue weighted by molar-refractivity contribution is 5.42. The third-order valence-electron chi connectivity index (χ3n) is 6.79. The van der Waals surface area contributed by atoms with Gasteiger partial charge in [-0.15, -0.1) is 0 Å². The molecule has 29 heavy (non-hydrogen) atoms. The Morgan fingerprint density at radius 1 is 1.03 bits per heavy atom. The van der Waals surface area contributed by atoms with Crippen molar-refractivity contribution in [1.82, 2.24) is 9.80 Å². The number of rotatable bonds is 6. The van der Waals surface area contributed by atoms with Crippen molar-refractivity contribution < 1.29 is 4.74 Å². The average molecular weight is 393 g/mol. The Morgan fingerprint density at radius 2 is 1.79 bits per heavy atom. The first-order chi connectivity index (χ1) is 14.0. The van der Waals surface area contributed by atoms with Gasteiger partial charge in [0, 0.05) is 31.7 Å². The highest BCUT2D eigenvalue weighted by Gasteiger charge is 2.32. The number of piperazine rings is 1. The molecule has 3 nitrogen and oxygen atoms in total. The molecule has 0 radical (unpaired) electrons. The van der Waals surface area contributed by atoms with E-state index in [4.69, 9.17) is 4.74 Å². The zero-order chi connectivity index (χ0) is 20.5. The van der Waals surface area contributed by atoms with Crippen LogP contribution in [0.4, 0.5) is 0 Å². The van der Waals surface area contributed by atoms with Gasteiger partial charge in [0.25, 0.3) is 0 Å². The molecule has 0 aromatic heterocycles. The smallest absolute Gasteiger partial charge is 0.122 e. The lowest BCUT2D eigenvalue weighted by Crippen LogP contribution is -2.51. The van der Waals surface area contributed by atoms with E-state index < -0.39 is 0 Å². The minimum atomic E-state index is 0.442. The molecule has 0 amide bonds. The van der Waals surface area contributed by atoms with Gasteiger partial charge >= 0.3 is 0 Å². The van der Waals surface area contributed by atoms with Crippen LogP contribution in [0.1, 0.15) is 73.7 Å². The van der Waals surface area contributed by atoms with Gasteiger partial charge in [0.15, 0.2) is 0 Å². The van der Waals surface area contributed by atoms with Crippen LogP contribution in [0.2, 0.25) is 0 Å². The molecule has 1 heterocycles. The van der Waals surface area contributed by atoms with Crippen molar-refractivity contribution in [2.75, 3.05) is 27.2 Å². The largest absolute Gasteiger partial charge is 0.496 e. The lowest BCUT2D eigenvalue weighted by molar-refractivity contribution is 0.0459. The number of nitrogens with zero attached hydrogens (tertiary/aromatic N) is 2. The second kappa shape index (κ2) is 8.49. The Bertz CT molecular complexity index is 842. The quantitative estimate of drug-likeness (QED) is 0.639. The summed E-state index contributed by atoms with van der Waals surface area (Å²) in [4.78, 5) is 5.19. The fraction of sp³-hybridized carbons (Fsp3) is 0.538. The summed E-state index contributed by atoms with van der Waals surface area (Å²) >= 11 is 0. The maximum atomic E-state index is 5.73. The summed E-state index contributed by atoms with van der Waals surface area (Å²) in [7, 11) is 4.09. The molecule has 156 valence electrons. The average Bonchev–Trinajstić information content (AvgIpc) is 3.55. The number of methoxy groups -OCH3 is 1. The Hall–Kier alpha value is -1.84. The molecule has 0 spiro atoms. The van der Waals surface area contributed by atoms with Crippen LogP contribution in [0, 0.1) is 0 Å². The number of hydrogen-bond donors (Lipinski definition) is 0. The molecule has 2 aromatic carbocycles. The number of benzene rings is 2. The van der Waals surface area contributed by atoms with Crippen molar-refractivity contribution in [3.05, 3.63) is 64.7 Å². The maximum absolute atomic E-state index is 5.73. The van der Waals surface area contributed by atoms with Gasteiger partial charge in [-0.25, -0.2) is 0 Å². The highest BCUT2D eigenvalue weighted by atomic mass is 16.5. The van der Waals surface area contributed by atoms with Gasteiger partial charge < -0.3 is 4.74 Å². The Labute approximate surface area is 176 Å². The van der Waals surface area contributed by atoms with Crippen LogP contribution in [0.15, 0.2) is 42.5 Å². The van der Waals surface area contributed by atoms with Gasteiger partial charge in [-0.3, -0.25) is 9.80 Å². The monoisotopic (exact) mass is 392 g/mol. The summed E-state index contributed by atoms with van der Waals surface area (Å²) < 4.78 is 5.73. The fourth-order valence-corrected chi connectivity index (χ4v) is 4.92. The van der Waals surface area contributed by atoms with E-state index in [-0.39, 0.29) is 0 Å². The molecule has 2 atom stereocenters. The van der Waals surface area contributed by atoms with Gasteiger partial charge in [0.2, 0.25) is 0 Å². The molecule has 4 rings (SSSR count). The topological polar surface area (TPSA) is 15.7 Å². The van der Waals surface area contributed by atoms with Crippen LogP contribution in [0.25, 0.3) is 0 Å². The second-order valence-electron chi connectivity index (χ2n) is 9.37. The molecule has 1 saturated carbocycles. The van der Waals surface area contributed by atoms with Crippen LogP contribution in [-0.2, 0) is 6.54 Å². The van der Waals surface area contributed by atoms with Gasteiger partial charge in [0.1, 0.15) is 5.75 Å². The minimum absolute atomic E-state index is 0.442. The Balaban J connectivity index is 1.55. The molecule has 2 fully saturated rings. The number of ether oxygens (including phenoxy) is 1. The lowest BCUT2D eigenvalue weighted by Gasteiger charge is -2.44. The maximum Gasteiger partial charge on any atom is 0.122 e. The van der Waals surface area contributed by atoms with Crippen LogP contribution < -0.4 is 4.74 Å². The normalized spacial score (nSPS) is 23.5. The van der Waals surface area contributed by atoms with Crippen molar-refractivity contribution in [2.45, 2.75) is 64.1 Å². The third kappa shape index (κ3) is 4.36. The summed E-state index contributed by atoms with van der Waals surface area (Å²) in [5, 5.41) is 0. The summed E-state index contributed by atoms with van der Waals surface area (Å²) in [5.41, 5.74) is 5.72. The molecule has 0 N–H and O–H groups in total. The fourth-order valence-electron chi connectivity index (χ4n) is 4.92. The van der Waals surface area contributed by atoms with E-state index in [1.165, 1.54) is 35.1 Å². The summed E-state index contributed by atoms with van der Waals surface area (Å²) in [5.74, 6) is 2.35. The molecule has 2 aromatic rings. The van der Waals surface area contributed by atoms with Crippen molar-refractivity contribution in [2.24, 2.45) is 0 Å². The first-order valence-corrected chi connectivity index (χ1v) is 11.2. The first kappa shape index (κ1) is 20.4. The van der Waals surface area contributed by atoms with Crippen molar-refractivity contribution >= 4 is 0 Å². The standard InChI is InChI=1S/C26H36N2O/c1-18(2)22-8-6-7-9-24(22)25-17-28(19(3)15-27(25)4)16-20-10-13-23(21-11-12-21)26(14-20)29-5/h6-10,13-14,18-19,21,25H,11-12,15-17H2,1-5H3. The highest BCUT2D eigenvalue weighted by Crippen LogP contribution is 2.44. The summed E-state index contributed by atoms with van der Waals surface area (Å²) in [6.07, 6.45) is 2.62. The molecular formula is C26H36N2O. The van der Waals surface area contributed by atoms with Crippen molar-refractivity contribution in [3.63, 3.8) is 0 Å². The van der Waals surface area contributed by atoms with E-state index in [9.17, 15) is 0 Å². The molecule has 2 aliphatic rings. The van der Waals surface area contributed by atoms with Gasteiger partial charge in [-0.2, -0.15) is 0 Å². The summed E-state index contributed by atoms with van der Waals surface area (Å²) in [6, 6.07) is 16.9. The lowest BCUT2D eigenvalue weighted by atomic mass is 9.90. The molecule has 3 heteroatoms. The van der Waals surface area contributed by atoms with E-state index in [1.54, 1.807) is 0 Å². The van der Waals surface area contributed by atoms with Crippen LogP contribution >= 0.6 is 0 Å². The van der Waals surface area contributed by atoms with Gasteiger partial charge in [0.05, 0.1) is 7.11 Å². The molecular weight excluding hydrogens is 356 g/mol. The predicted octanol–water partition coefficient (Wildman–Crippen LogP) is 5.57. The van der Waals surface area contributed by atoms with Crippen molar-refractivity contribution in [3.8, 4) is 5.75 Å².